The summed E-state index contributed by atoms with van der Waals surface area (Å²) in [5.74, 6) is 0.817. The minimum absolute atomic E-state index is 0.240. The zero-order valence-corrected chi connectivity index (χ0v) is 9.09. The van der Waals surface area contributed by atoms with Crippen molar-refractivity contribution in [2.24, 2.45) is 5.73 Å². The first kappa shape index (κ1) is 12.4. The fraction of sp³-hybridized carbons (Fsp3) is 0.273. The van der Waals surface area contributed by atoms with Crippen molar-refractivity contribution in [3.63, 3.8) is 0 Å². The number of rotatable bonds is 4. The Morgan fingerprint density at radius 2 is 1.94 bits per heavy atom. The van der Waals surface area contributed by atoms with E-state index in [0.29, 0.717) is 11.5 Å². The molecule has 0 unspecified atom stereocenters. The van der Waals surface area contributed by atoms with Crippen LogP contribution in [0.5, 0.6) is 11.5 Å². The van der Waals surface area contributed by atoms with Crippen LogP contribution in [0.4, 0.5) is 8.78 Å². The van der Waals surface area contributed by atoms with E-state index < -0.39 is 6.08 Å². The van der Waals surface area contributed by atoms with Crippen LogP contribution in [-0.2, 0) is 0 Å². The first-order valence-corrected chi connectivity index (χ1v) is 4.60. The molecule has 0 saturated heterocycles. The van der Waals surface area contributed by atoms with Gasteiger partial charge in [-0.25, -0.2) is 0 Å². The Hall–Kier alpha value is -1.62. The number of ether oxygens (including phenoxy) is 2. The van der Waals surface area contributed by atoms with E-state index in [1.54, 1.807) is 12.1 Å². The number of benzene rings is 1. The van der Waals surface area contributed by atoms with E-state index in [4.69, 9.17) is 15.2 Å². The zero-order valence-electron chi connectivity index (χ0n) is 9.09. The van der Waals surface area contributed by atoms with Crippen LogP contribution in [0.2, 0.25) is 0 Å². The molecule has 2 N–H and O–H groups in total. The lowest BCUT2D eigenvalue weighted by atomic mass is 10.1. The molecule has 0 bridgehead atoms. The van der Waals surface area contributed by atoms with E-state index in [9.17, 15) is 8.78 Å². The SMILES string of the molecule is COc1ccc(OC)c(C(CN)=C(F)F)c1. The Morgan fingerprint density at radius 3 is 2.38 bits per heavy atom. The van der Waals surface area contributed by atoms with Gasteiger partial charge in [-0.2, -0.15) is 8.78 Å². The Morgan fingerprint density at radius 1 is 1.25 bits per heavy atom. The Labute approximate surface area is 92.5 Å². The quantitative estimate of drug-likeness (QED) is 0.861. The van der Waals surface area contributed by atoms with Crippen LogP contribution >= 0.6 is 0 Å². The van der Waals surface area contributed by atoms with Crippen LogP contribution in [0, 0.1) is 0 Å². The van der Waals surface area contributed by atoms with Gasteiger partial charge in [-0.15, -0.1) is 0 Å². The van der Waals surface area contributed by atoms with E-state index in [1.807, 2.05) is 0 Å². The highest BCUT2D eigenvalue weighted by Crippen LogP contribution is 2.31. The van der Waals surface area contributed by atoms with Crippen LogP contribution < -0.4 is 15.2 Å². The second-order valence-electron chi connectivity index (χ2n) is 3.01. The van der Waals surface area contributed by atoms with Crippen molar-refractivity contribution in [3.8, 4) is 11.5 Å². The van der Waals surface area contributed by atoms with Gasteiger partial charge < -0.3 is 15.2 Å². The third kappa shape index (κ3) is 2.49. The second kappa shape index (κ2) is 5.46. The molecule has 1 aromatic rings. The Kier molecular flexibility index (Phi) is 4.25. The van der Waals surface area contributed by atoms with E-state index in [2.05, 4.69) is 0 Å². The molecule has 0 amide bonds. The number of hydrogen-bond acceptors (Lipinski definition) is 3. The average molecular weight is 229 g/mol. The summed E-state index contributed by atoms with van der Waals surface area (Å²) in [6.07, 6.45) is -1.81. The van der Waals surface area contributed by atoms with Gasteiger partial charge in [-0.05, 0) is 18.2 Å². The molecule has 5 heteroatoms. The molecule has 0 radical (unpaired) electrons. The molecule has 0 fully saturated rings. The number of methoxy groups -OCH3 is 2. The molecule has 0 aromatic heterocycles. The fourth-order valence-corrected chi connectivity index (χ4v) is 1.34. The monoisotopic (exact) mass is 229 g/mol. The van der Waals surface area contributed by atoms with E-state index in [1.165, 1.54) is 20.3 Å². The third-order valence-corrected chi connectivity index (χ3v) is 2.16. The number of hydrogen-bond donors (Lipinski definition) is 1. The summed E-state index contributed by atoms with van der Waals surface area (Å²) in [7, 11) is 2.87. The smallest absolute Gasteiger partial charge is 0.275 e. The van der Waals surface area contributed by atoms with Crippen molar-refractivity contribution in [3.05, 3.63) is 29.8 Å². The highest BCUT2D eigenvalue weighted by atomic mass is 19.3. The molecule has 3 nitrogen and oxygen atoms in total. The molecule has 1 aromatic carbocycles. The number of nitrogens with two attached hydrogens (primary N) is 1. The summed E-state index contributed by atoms with van der Waals surface area (Å²) < 4.78 is 35.2. The second-order valence-corrected chi connectivity index (χ2v) is 3.01. The normalized spacial score (nSPS) is 9.81. The van der Waals surface area contributed by atoms with E-state index in [-0.39, 0.29) is 17.7 Å². The molecule has 1 rings (SSSR count). The molecule has 0 aliphatic rings. The van der Waals surface area contributed by atoms with Crippen molar-refractivity contribution < 1.29 is 18.3 Å². The van der Waals surface area contributed by atoms with Gasteiger partial charge in [0.1, 0.15) is 11.5 Å². The third-order valence-electron chi connectivity index (χ3n) is 2.16. The highest BCUT2D eigenvalue weighted by Gasteiger charge is 2.14. The Bertz CT molecular complexity index is 401. The van der Waals surface area contributed by atoms with Crippen LogP contribution in [-0.4, -0.2) is 20.8 Å². The Balaban J connectivity index is 3.33. The maximum Gasteiger partial charge on any atom is 0.275 e. The summed E-state index contributed by atoms with van der Waals surface area (Å²) in [4.78, 5) is 0. The van der Waals surface area contributed by atoms with Gasteiger partial charge >= 0.3 is 0 Å². The van der Waals surface area contributed by atoms with Crippen LogP contribution in [0.3, 0.4) is 0 Å². The molecule has 16 heavy (non-hydrogen) atoms. The van der Waals surface area contributed by atoms with Gasteiger partial charge in [0.25, 0.3) is 6.08 Å². The van der Waals surface area contributed by atoms with Gasteiger partial charge in [0.2, 0.25) is 0 Å². The zero-order chi connectivity index (χ0) is 12.1. The highest BCUT2D eigenvalue weighted by molar-refractivity contribution is 5.73. The average Bonchev–Trinajstić information content (AvgIpc) is 2.29. The molecule has 0 aliphatic heterocycles. The summed E-state index contributed by atoms with van der Waals surface area (Å²) in [6.45, 7) is -0.258. The molecular formula is C11H13F2NO2. The van der Waals surface area contributed by atoms with Gasteiger partial charge in [0.05, 0.1) is 14.2 Å². The van der Waals surface area contributed by atoms with Crippen molar-refractivity contribution in [1.29, 1.82) is 0 Å². The first-order chi connectivity index (χ1) is 7.63. The largest absolute Gasteiger partial charge is 0.497 e. The van der Waals surface area contributed by atoms with Crippen molar-refractivity contribution in [2.45, 2.75) is 0 Å². The summed E-state index contributed by atoms with van der Waals surface area (Å²) in [5.41, 5.74) is 5.30. The molecule has 0 spiro atoms. The summed E-state index contributed by atoms with van der Waals surface area (Å²) in [5, 5.41) is 0. The van der Waals surface area contributed by atoms with Gasteiger partial charge in [-0.1, -0.05) is 0 Å². The van der Waals surface area contributed by atoms with Crippen molar-refractivity contribution in [2.75, 3.05) is 20.8 Å². The topological polar surface area (TPSA) is 44.5 Å². The lowest BCUT2D eigenvalue weighted by Crippen LogP contribution is -2.05. The lowest BCUT2D eigenvalue weighted by Gasteiger charge is -2.11. The lowest BCUT2D eigenvalue weighted by molar-refractivity contribution is 0.399. The summed E-state index contributed by atoms with van der Waals surface area (Å²) in [6, 6.07) is 4.67. The van der Waals surface area contributed by atoms with E-state index >= 15 is 0 Å². The minimum Gasteiger partial charge on any atom is -0.497 e. The first-order valence-electron chi connectivity index (χ1n) is 4.60. The molecule has 0 heterocycles. The molecule has 0 atom stereocenters. The van der Waals surface area contributed by atoms with Gasteiger partial charge in [-0.3, -0.25) is 0 Å². The van der Waals surface area contributed by atoms with Crippen LogP contribution in [0.1, 0.15) is 5.56 Å². The minimum atomic E-state index is -1.81. The van der Waals surface area contributed by atoms with Gasteiger partial charge in [0.15, 0.2) is 0 Å². The maximum atomic E-state index is 12.6. The van der Waals surface area contributed by atoms with Crippen molar-refractivity contribution >= 4 is 5.57 Å². The molecular weight excluding hydrogens is 216 g/mol. The predicted molar refractivity (Wildman–Crippen MR) is 57.7 cm³/mol. The number of halogens is 2. The predicted octanol–water partition coefficient (Wildman–Crippen LogP) is 2.27. The molecule has 0 aliphatic carbocycles. The molecule has 88 valence electrons. The van der Waals surface area contributed by atoms with Crippen LogP contribution in [0.15, 0.2) is 24.3 Å². The summed E-state index contributed by atoms with van der Waals surface area (Å²) >= 11 is 0. The van der Waals surface area contributed by atoms with Gasteiger partial charge in [0, 0.05) is 17.7 Å². The van der Waals surface area contributed by atoms with Crippen LogP contribution in [0.25, 0.3) is 5.57 Å². The maximum absolute atomic E-state index is 12.6. The fourth-order valence-electron chi connectivity index (χ4n) is 1.34. The van der Waals surface area contributed by atoms with E-state index in [0.717, 1.165) is 0 Å². The van der Waals surface area contributed by atoms with Crippen molar-refractivity contribution in [1.82, 2.24) is 0 Å². The standard InChI is InChI=1S/C11H13F2NO2/c1-15-7-3-4-10(16-2)8(5-7)9(6-14)11(12)13/h3-5H,6,14H2,1-2H3. The molecule has 0 saturated carbocycles.